The summed E-state index contributed by atoms with van der Waals surface area (Å²) in [5, 5.41) is 30.3. The molecule has 1 unspecified atom stereocenters. The van der Waals surface area contributed by atoms with Crippen LogP contribution in [0, 0.1) is 0 Å². The van der Waals surface area contributed by atoms with E-state index in [0.717, 1.165) is 11.2 Å². The zero-order chi connectivity index (χ0) is 22.9. The molecule has 10 nitrogen and oxygen atoms in total. The van der Waals surface area contributed by atoms with Crippen molar-refractivity contribution >= 4 is 34.5 Å². The lowest BCUT2D eigenvalue weighted by atomic mass is 10.1. The van der Waals surface area contributed by atoms with Gasteiger partial charge in [-0.15, -0.1) is 0 Å². The monoisotopic (exact) mass is 427 g/mol. The van der Waals surface area contributed by atoms with Crippen LogP contribution in [0.4, 0.5) is 17.5 Å². The summed E-state index contributed by atoms with van der Waals surface area (Å²) < 4.78 is 1.86. The third-order valence-corrected chi connectivity index (χ3v) is 4.68. The second kappa shape index (κ2) is 8.76. The van der Waals surface area contributed by atoms with E-state index in [0.29, 0.717) is 29.5 Å². The number of carboxylic acid groups (broad SMARTS) is 1. The molecule has 10 heteroatoms. The van der Waals surface area contributed by atoms with Gasteiger partial charge in [-0.25, -0.2) is 9.78 Å². The maximum atomic E-state index is 11.4. The molecule has 0 aliphatic carbocycles. The van der Waals surface area contributed by atoms with Gasteiger partial charge in [0.1, 0.15) is 22.3 Å². The second-order valence-corrected chi connectivity index (χ2v) is 8.19. The molecule has 0 aliphatic rings. The van der Waals surface area contributed by atoms with Crippen molar-refractivity contribution in [1.82, 2.24) is 19.7 Å². The molecular formula is C21H29N7O3. The van der Waals surface area contributed by atoms with Crippen molar-refractivity contribution in [2.75, 3.05) is 17.2 Å². The molecule has 0 aliphatic heterocycles. The molecule has 6 N–H and O–H groups in total. The number of fused-ring (bicyclic) bond motifs is 1. The Morgan fingerprint density at radius 3 is 2.48 bits per heavy atom. The lowest BCUT2D eigenvalue weighted by molar-refractivity contribution is 0.0694. The minimum atomic E-state index is -1.22. The molecule has 1 atom stereocenters. The van der Waals surface area contributed by atoms with Gasteiger partial charge in [-0.3, -0.25) is 4.68 Å². The average molecular weight is 428 g/mol. The van der Waals surface area contributed by atoms with Gasteiger partial charge in [0.2, 0.25) is 5.95 Å². The molecule has 1 aromatic carbocycles. The van der Waals surface area contributed by atoms with Crippen LogP contribution in [0.1, 0.15) is 62.6 Å². The SMILES string of the molecule is CC(N)CNc1nc(Nc2ccc(O)c(C(=O)O)c2)c2c(n1)c(C(C)C)nn2C(C)C. The zero-order valence-electron chi connectivity index (χ0n) is 18.3. The Kier molecular flexibility index (Phi) is 6.30. The van der Waals surface area contributed by atoms with E-state index in [1.165, 1.54) is 12.1 Å². The molecule has 2 aromatic heterocycles. The van der Waals surface area contributed by atoms with Crippen molar-refractivity contribution < 1.29 is 15.0 Å². The first-order chi connectivity index (χ1) is 14.6. The zero-order valence-corrected chi connectivity index (χ0v) is 18.3. The normalized spacial score (nSPS) is 12.5. The summed E-state index contributed by atoms with van der Waals surface area (Å²) in [7, 11) is 0. The largest absolute Gasteiger partial charge is 0.507 e. The molecular weight excluding hydrogens is 398 g/mol. The van der Waals surface area contributed by atoms with Crippen LogP contribution >= 0.6 is 0 Å². The molecule has 0 fully saturated rings. The highest BCUT2D eigenvalue weighted by molar-refractivity contribution is 5.94. The summed E-state index contributed by atoms with van der Waals surface area (Å²) in [6.07, 6.45) is 0. The van der Waals surface area contributed by atoms with Gasteiger partial charge in [-0.1, -0.05) is 13.8 Å². The molecule has 2 heterocycles. The summed E-state index contributed by atoms with van der Waals surface area (Å²) in [4.78, 5) is 20.7. The van der Waals surface area contributed by atoms with Gasteiger partial charge in [0, 0.05) is 24.3 Å². The van der Waals surface area contributed by atoms with Gasteiger partial charge in [-0.05, 0) is 44.9 Å². The van der Waals surface area contributed by atoms with E-state index in [1.807, 2.05) is 25.5 Å². The number of hydrogen-bond acceptors (Lipinski definition) is 8. The number of carboxylic acids is 1. The first-order valence-electron chi connectivity index (χ1n) is 10.2. The fourth-order valence-electron chi connectivity index (χ4n) is 3.17. The van der Waals surface area contributed by atoms with E-state index in [-0.39, 0.29) is 29.3 Å². The number of nitrogens with two attached hydrogens (primary N) is 1. The topological polar surface area (TPSA) is 151 Å². The van der Waals surface area contributed by atoms with Crippen LogP contribution in [-0.4, -0.2) is 48.5 Å². The van der Waals surface area contributed by atoms with Crippen molar-refractivity contribution in [3.8, 4) is 5.75 Å². The fraction of sp³-hybridized carbons (Fsp3) is 0.429. The Hall–Kier alpha value is -3.40. The molecule has 0 bridgehead atoms. The number of nitrogens with one attached hydrogen (secondary N) is 2. The highest BCUT2D eigenvalue weighted by Gasteiger charge is 2.22. The van der Waals surface area contributed by atoms with Crippen LogP contribution in [0.3, 0.4) is 0 Å². The number of aromatic carboxylic acids is 1. The highest BCUT2D eigenvalue weighted by Crippen LogP contribution is 2.33. The van der Waals surface area contributed by atoms with Gasteiger partial charge < -0.3 is 26.6 Å². The Morgan fingerprint density at radius 1 is 1.19 bits per heavy atom. The van der Waals surface area contributed by atoms with Crippen molar-refractivity contribution in [1.29, 1.82) is 0 Å². The predicted octanol–water partition coefficient (Wildman–Crippen LogP) is 3.44. The van der Waals surface area contributed by atoms with Crippen LogP contribution < -0.4 is 16.4 Å². The molecule has 0 saturated carbocycles. The standard InChI is InChI=1S/C21H29N7O3/c1-10(2)16-17-18(28(27-16)11(3)4)19(26-21(25-17)23-9-12(5)22)24-13-6-7-15(29)14(8-13)20(30)31/h6-8,10-12,29H,9,22H2,1-5H3,(H,30,31)(H2,23,24,25,26). The Morgan fingerprint density at radius 2 is 1.90 bits per heavy atom. The minimum absolute atomic E-state index is 0.0522. The van der Waals surface area contributed by atoms with Gasteiger partial charge >= 0.3 is 5.97 Å². The second-order valence-electron chi connectivity index (χ2n) is 8.19. The summed E-state index contributed by atoms with van der Waals surface area (Å²) in [5.41, 5.74) is 8.41. The maximum absolute atomic E-state index is 11.4. The maximum Gasteiger partial charge on any atom is 0.339 e. The number of benzene rings is 1. The van der Waals surface area contributed by atoms with Crippen molar-refractivity contribution in [2.45, 2.75) is 52.6 Å². The first-order valence-corrected chi connectivity index (χ1v) is 10.2. The molecule has 0 saturated heterocycles. The van der Waals surface area contributed by atoms with Crippen molar-refractivity contribution in [2.24, 2.45) is 5.73 Å². The molecule has 3 rings (SSSR count). The summed E-state index contributed by atoms with van der Waals surface area (Å²) in [6, 6.07) is 4.24. The third-order valence-electron chi connectivity index (χ3n) is 4.68. The average Bonchev–Trinajstić information content (AvgIpc) is 3.08. The van der Waals surface area contributed by atoms with E-state index < -0.39 is 5.97 Å². The molecule has 0 amide bonds. The quantitative estimate of drug-likeness (QED) is 0.340. The number of anilines is 3. The summed E-state index contributed by atoms with van der Waals surface area (Å²) in [6.45, 7) is 10.5. The Balaban J connectivity index is 2.20. The van der Waals surface area contributed by atoms with Gasteiger partial charge in [0.15, 0.2) is 5.82 Å². The first kappa shape index (κ1) is 22.3. The van der Waals surface area contributed by atoms with E-state index in [2.05, 4.69) is 29.5 Å². The number of carbonyl (C=O) groups is 1. The van der Waals surface area contributed by atoms with E-state index >= 15 is 0 Å². The Labute approximate surface area is 180 Å². The molecule has 0 radical (unpaired) electrons. The van der Waals surface area contributed by atoms with E-state index in [9.17, 15) is 15.0 Å². The highest BCUT2D eigenvalue weighted by atomic mass is 16.4. The van der Waals surface area contributed by atoms with Gasteiger partial charge in [-0.2, -0.15) is 10.1 Å². The molecule has 31 heavy (non-hydrogen) atoms. The van der Waals surface area contributed by atoms with Crippen molar-refractivity contribution in [3.05, 3.63) is 29.5 Å². The van der Waals surface area contributed by atoms with Crippen LogP contribution in [-0.2, 0) is 0 Å². The van der Waals surface area contributed by atoms with E-state index in [1.54, 1.807) is 6.07 Å². The van der Waals surface area contributed by atoms with Crippen LogP contribution in [0.5, 0.6) is 5.75 Å². The minimum Gasteiger partial charge on any atom is -0.507 e. The smallest absolute Gasteiger partial charge is 0.339 e. The number of phenols is 1. The lowest BCUT2D eigenvalue weighted by Crippen LogP contribution is -2.26. The predicted molar refractivity (Wildman–Crippen MR) is 120 cm³/mol. The number of hydrogen-bond donors (Lipinski definition) is 5. The van der Waals surface area contributed by atoms with Gasteiger partial charge in [0.05, 0.1) is 5.69 Å². The molecule has 166 valence electrons. The molecule has 0 spiro atoms. The summed E-state index contributed by atoms with van der Waals surface area (Å²) >= 11 is 0. The third kappa shape index (κ3) is 4.69. The van der Waals surface area contributed by atoms with Crippen molar-refractivity contribution in [3.63, 3.8) is 0 Å². The lowest BCUT2D eigenvalue weighted by Gasteiger charge is -2.14. The van der Waals surface area contributed by atoms with Crippen LogP contribution in [0.15, 0.2) is 18.2 Å². The van der Waals surface area contributed by atoms with Gasteiger partial charge in [0.25, 0.3) is 0 Å². The van der Waals surface area contributed by atoms with Crippen LogP contribution in [0.25, 0.3) is 11.0 Å². The number of aromatic nitrogens is 4. The van der Waals surface area contributed by atoms with Crippen LogP contribution in [0.2, 0.25) is 0 Å². The van der Waals surface area contributed by atoms with E-state index in [4.69, 9.17) is 15.8 Å². The summed E-state index contributed by atoms with van der Waals surface area (Å²) in [5.74, 6) is -0.511. The number of aromatic hydroxyl groups is 1. The fourth-order valence-corrected chi connectivity index (χ4v) is 3.17. The Bertz CT molecular complexity index is 1110. The number of rotatable bonds is 8. The molecule has 3 aromatic rings. The number of nitrogens with zero attached hydrogens (tertiary/aromatic N) is 4.